The van der Waals surface area contributed by atoms with Crippen LogP contribution >= 0.6 is 12.2 Å². The number of rotatable bonds is 3. The van der Waals surface area contributed by atoms with Crippen molar-refractivity contribution in [2.24, 2.45) is 16.4 Å². The zero-order valence-corrected chi connectivity index (χ0v) is 16.3. The molecule has 4 rings (SSSR count). The summed E-state index contributed by atoms with van der Waals surface area (Å²) in [5, 5.41) is 6.64. The number of benzene rings is 2. The van der Waals surface area contributed by atoms with Gasteiger partial charge in [-0.15, -0.1) is 0 Å². The number of anilines is 1. The highest BCUT2D eigenvalue weighted by Gasteiger charge is 2.54. The predicted octanol–water partition coefficient (Wildman–Crippen LogP) is 3.77. The predicted molar refractivity (Wildman–Crippen MR) is 111 cm³/mol. The van der Waals surface area contributed by atoms with Crippen molar-refractivity contribution in [2.45, 2.75) is 19.3 Å². The first-order valence-corrected chi connectivity index (χ1v) is 9.62. The fourth-order valence-electron chi connectivity index (χ4n) is 4.06. The second kappa shape index (κ2) is 7.28. The second-order valence-corrected chi connectivity index (χ2v) is 7.48. The third-order valence-corrected chi connectivity index (χ3v) is 6.09. The van der Waals surface area contributed by atoms with Crippen molar-refractivity contribution in [3.63, 3.8) is 0 Å². The van der Waals surface area contributed by atoms with Crippen molar-refractivity contribution in [1.29, 1.82) is 0 Å². The number of Topliss-reactive ketones (excluding diaryl/α,β-unsaturated/α-hetero) is 1. The molecular formula is C22H20N2O3S. The molecule has 2 unspecified atom stereocenters. The van der Waals surface area contributed by atoms with E-state index in [4.69, 9.17) is 22.1 Å². The van der Waals surface area contributed by atoms with E-state index in [-0.39, 0.29) is 18.6 Å². The normalized spacial score (nSPS) is 24.4. The van der Waals surface area contributed by atoms with Crippen LogP contribution in [-0.4, -0.2) is 29.6 Å². The minimum Gasteiger partial charge on any atom is -0.468 e. The van der Waals surface area contributed by atoms with Gasteiger partial charge in [-0.1, -0.05) is 60.7 Å². The fraction of sp³-hybridized carbons (Fsp3) is 0.273. The summed E-state index contributed by atoms with van der Waals surface area (Å²) in [4.78, 5) is 25.3. The van der Waals surface area contributed by atoms with Crippen molar-refractivity contribution in [1.82, 2.24) is 0 Å². The van der Waals surface area contributed by atoms with Crippen molar-refractivity contribution in [3.8, 4) is 0 Å². The molecule has 0 amide bonds. The molecule has 2 atom stereocenters. The first-order valence-electron chi connectivity index (χ1n) is 9.21. The van der Waals surface area contributed by atoms with E-state index in [1.54, 1.807) is 5.01 Å². The van der Waals surface area contributed by atoms with Crippen molar-refractivity contribution in [2.75, 3.05) is 12.1 Å². The molecule has 2 aromatic carbocycles. The number of hydrazone groups is 1. The van der Waals surface area contributed by atoms with Crippen LogP contribution < -0.4 is 5.01 Å². The van der Waals surface area contributed by atoms with Gasteiger partial charge < -0.3 is 4.74 Å². The number of hydrogen-bond donors (Lipinski definition) is 0. The van der Waals surface area contributed by atoms with Gasteiger partial charge in [0.15, 0.2) is 0 Å². The molecule has 1 aliphatic heterocycles. The Bertz CT molecular complexity index is 950. The molecule has 6 heteroatoms. The average Bonchev–Trinajstić information content (AvgIpc) is 3.02. The molecule has 1 spiro atoms. The SMILES string of the molecule is COC(=O)C1CC2(CCC1=O)C(=S)N(c1ccccc1)N=C2c1ccccc1. The topological polar surface area (TPSA) is 59.0 Å². The number of ketones is 1. The number of methoxy groups -OCH3 is 1. The molecule has 142 valence electrons. The van der Waals surface area contributed by atoms with Crippen LogP contribution in [0.1, 0.15) is 24.8 Å². The van der Waals surface area contributed by atoms with Crippen LogP contribution in [0.3, 0.4) is 0 Å². The number of carbonyl (C=O) groups excluding carboxylic acids is 2. The van der Waals surface area contributed by atoms with Crippen LogP contribution in [0.2, 0.25) is 0 Å². The summed E-state index contributed by atoms with van der Waals surface area (Å²) in [5.41, 5.74) is 1.97. The zero-order chi connectivity index (χ0) is 19.7. The highest BCUT2D eigenvalue weighted by molar-refractivity contribution is 7.80. The summed E-state index contributed by atoms with van der Waals surface area (Å²) >= 11 is 5.89. The number of ether oxygens (including phenoxy) is 1. The van der Waals surface area contributed by atoms with Gasteiger partial charge in [-0.3, -0.25) is 9.59 Å². The highest BCUT2D eigenvalue weighted by Crippen LogP contribution is 2.47. The first kappa shape index (κ1) is 18.5. The summed E-state index contributed by atoms with van der Waals surface area (Å²) in [6.07, 6.45) is 1.10. The molecule has 0 bridgehead atoms. The summed E-state index contributed by atoms with van der Waals surface area (Å²) in [6.45, 7) is 0. The van der Waals surface area contributed by atoms with Gasteiger partial charge in [-0.05, 0) is 30.5 Å². The summed E-state index contributed by atoms with van der Waals surface area (Å²) < 4.78 is 4.89. The van der Waals surface area contributed by atoms with Gasteiger partial charge in [-0.2, -0.15) is 5.10 Å². The lowest BCUT2D eigenvalue weighted by molar-refractivity contribution is -0.151. The van der Waals surface area contributed by atoms with Gasteiger partial charge in [0.25, 0.3) is 0 Å². The molecule has 2 aliphatic rings. The van der Waals surface area contributed by atoms with E-state index in [9.17, 15) is 9.59 Å². The van der Waals surface area contributed by atoms with Gasteiger partial charge in [0.05, 0.1) is 23.9 Å². The van der Waals surface area contributed by atoms with Crippen molar-refractivity contribution >= 4 is 40.4 Å². The number of carbonyl (C=O) groups is 2. The van der Waals surface area contributed by atoms with Gasteiger partial charge in [-0.25, -0.2) is 5.01 Å². The van der Waals surface area contributed by atoms with E-state index in [0.29, 0.717) is 11.4 Å². The van der Waals surface area contributed by atoms with Crippen LogP contribution in [0.5, 0.6) is 0 Å². The standard InChI is InChI=1S/C22H20N2O3S/c1-27-20(26)17-14-22(13-12-18(17)25)19(15-8-4-2-5-9-15)23-24(21(22)28)16-10-6-3-7-11-16/h2-11,17H,12-14H2,1H3. The Balaban J connectivity index is 1.82. The Morgan fingerprint density at radius 3 is 2.43 bits per heavy atom. The number of thiocarbonyl (C=S) groups is 1. The molecule has 0 aromatic heterocycles. The largest absolute Gasteiger partial charge is 0.468 e. The molecule has 1 heterocycles. The summed E-state index contributed by atoms with van der Waals surface area (Å²) in [5.74, 6) is -1.41. The van der Waals surface area contributed by atoms with Gasteiger partial charge in [0.1, 0.15) is 16.7 Å². The Morgan fingerprint density at radius 2 is 1.79 bits per heavy atom. The molecule has 0 saturated heterocycles. The van der Waals surface area contributed by atoms with Gasteiger partial charge in [0.2, 0.25) is 0 Å². The third-order valence-electron chi connectivity index (χ3n) is 5.53. The van der Waals surface area contributed by atoms with Crippen LogP contribution in [0, 0.1) is 11.3 Å². The lowest BCUT2D eigenvalue weighted by Crippen LogP contribution is -2.47. The number of esters is 1. The maximum absolute atomic E-state index is 12.4. The molecule has 1 saturated carbocycles. The first-order chi connectivity index (χ1) is 13.6. The van der Waals surface area contributed by atoms with Crippen LogP contribution in [0.15, 0.2) is 65.8 Å². The molecule has 0 radical (unpaired) electrons. The molecular weight excluding hydrogens is 372 g/mol. The smallest absolute Gasteiger partial charge is 0.316 e. The minimum atomic E-state index is -0.818. The molecule has 5 nitrogen and oxygen atoms in total. The Morgan fingerprint density at radius 1 is 1.14 bits per heavy atom. The van der Waals surface area contributed by atoms with Crippen LogP contribution in [0.4, 0.5) is 5.69 Å². The van der Waals surface area contributed by atoms with Crippen LogP contribution in [0.25, 0.3) is 0 Å². The molecule has 1 aliphatic carbocycles. The number of hydrogen-bond acceptors (Lipinski definition) is 5. The molecule has 2 aromatic rings. The van der Waals surface area contributed by atoms with E-state index in [1.807, 2.05) is 60.7 Å². The van der Waals surface area contributed by atoms with E-state index >= 15 is 0 Å². The maximum atomic E-state index is 12.4. The fourth-order valence-corrected chi connectivity index (χ4v) is 4.49. The van der Waals surface area contributed by atoms with E-state index in [0.717, 1.165) is 17.0 Å². The van der Waals surface area contributed by atoms with Gasteiger partial charge >= 0.3 is 5.97 Å². The molecule has 0 N–H and O–H groups in total. The lowest BCUT2D eigenvalue weighted by atomic mass is 9.65. The summed E-state index contributed by atoms with van der Waals surface area (Å²) in [7, 11) is 1.31. The average molecular weight is 392 g/mol. The third kappa shape index (κ3) is 2.94. The monoisotopic (exact) mass is 392 g/mol. The quantitative estimate of drug-likeness (QED) is 0.452. The van der Waals surface area contributed by atoms with Crippen molar-refractivity contribution < 1.29 is 14.3 Å². The van der Waals surface area contributed by atoms with E-state index < -0.39 is 17.3 Å². The highest BCUT2D eigenvalue weighted by atomic mass is 32.1. The second-order valence-electron chi connectivity index (χ2n) is 7.10. The maximum Gasteiger partial charge on any atom is 0.316 e. The van der Waals surface area contributed by atoms with Crippen molar-refractivity contribution in [3.05, 3.63) is 66.2 Å². The van der Waals surface area contributed by atoms with Gasteiger partial charge in [0, 0.05) is 6.42 Å². The summed E-state index contributed by atoms with van der Waals surface area (Å²) in [6, 6.07) is 19.5. The Kier molecular flexibility index (Phi) is 4.81. The lowest BCUT2D eigenvalue weighted by Gasteiger charge is -2.37. The number of nitrogens with zero attached hydrogens (tertiary/aromatic N) is 2. The van der Waals surface area contributed by atoms with E-state index in [2.05, 4.69) is 0 Å². The van der Waals surface area contributed by atoms with Crippen LogP contribution in [-0.2, 0) is 14.3 Å². The van der Waals surface area contributed by atoms with E-state index in [1.165, 1.54) is 7.11 Å². The Hall–Kier alpha value is -2.86. The minimum absolute atomic E-state index is 0.0918. The zero-order valence-electron chi connectivity index (χ0n) is 15.5. The molecule has 28 heavy (non-hydrogen) atoms. The Labute approximate surface area is 169 Å². The molecule has 1 fully saturated rings. The number of para-hydroxylation sites is 1.